The number of aryl methyl sites for hydroxylation is 1. The standard InChI is InChI=1S/C15H17BrN2O2/c1-3-7-18-8-6-17-15(18)10-13(19)12-5-4-11(16)9-14(12)20-2/h4-6,8-9H,3,7,10H2,1-2H3. The lowest BCUT2D eigenvalue weighted by Gasteiger charge is -2.09. The molecule has 0 aliphatic carbocycles. The van der Waals surface area contributed by atoms with Crippen LogP contribution in [0.25, 0.3) is 0 Å². The minimum atomic E-state index is 0.0119. The number of methoxy groups -OCH3 is 1. The molecule has 0 spiro atoms. The summed E-state index contributed by atoms with van der Waals surface area (Å²) in [5, 5.41) is 0. The van der Waals surface area contributed by atoms with Crippen LogP contribution in [0.2, 0.25) is 0 Å². The predicted octanol–water partition coefficient (Wildman–Crippen LogP) is 3.49. The molecule has 0 saturated heterocycles. The van der Waals surface area contributed by atoms with Crippen LogP contribution in [-0.4, -0.2) is 22.4 Å². The lowest BCUT2D eigenvalue weighted by Crippen LogP contribution is -2.11. The summed E-state index contributed by atoms with van der Waals surface area (Å²) in [5.74, 6) is 1.39. The fraction of sp³-hybridized carbons (Fsp3) is 0.333. The average molecular weight is 337 g/mol. The number of ether oxygens (including phenoxy) is 1. The Morgan fingerprint density at radius 3 is 2.95 bits per heavy atom. The van der Waals surface area contributed by atoms with Crippen LogP contribution in [0.1, 0.15) is 29.5 Å². The number of halogens is 1. The number of ketones is 1. The highest BCUT2D eigenvalue weighted by Crippen LogP contribution is 2.24. The summed E-state index contributed by atoms with van der Waals surface area (Å²) >= 11 is 3.37. The van der Waals surface area contributed by atoms with Crippen molar-refractivity contribution in [2.45, 2.75) is 26.3 Å². The van der Waals surface area contributed by atoms with Crippen molar-refractivity contribution < 1.29 is 9.53 Å². The van der Waals surface area contributed by atoms with Crippen molar-refractivity contribution in [1.82, 2.24) is 9.55 Å². The smallest absolute Gasteiger partial charge is 0.174 e. The lowest BCUT2D eigenvalue weighted by molar-refractivity contribution is 0.0986. The number of benzene rings is 1. The van der Waals surface area contributed by atoms with Gasteiger partial charge in [-0.3, -0.25) is 4.79 Å². The van der Waals surface area contributed by atoms with E-state index in [1.807, 2.05) is 16.8 Å². The second kappa shape index (κ2) is 6.70. The molecule has 5 heteroatoms. The third kappa shape index (κ3) is 3.28. The number of imidazole rings is 1. The van der Waals surface area contributed by atoms with E-state index in [4.69, 9.17) is 4.74 Å². The van der Waals surface area contributed by atoms with Gasteiger partial charge in [0.2, 0.25) is 0 Å². The quantitative estimate of drug-likeness (QED) is 0.758. The van der Waals surface area contributed by atoms with Gasteiger partial charge in [0.05, 0.1) is 19.1 Å². The Balaban J connectivity index is 2.22. The summed E-state index contributed by atoms with van der Waals surface area (Å²) in [5.41, 5.74) is 0.585. The van der Waals surface area contributed by atoms with E-state index in [0.717, 1.165) is 23.3 Å². The molecule has 0 saturated carbocycles. The van der Waals surface area contributed by atoms with Gasteiger partial charge in [0.25, 0.3) is 0 Å². The maximum Gasteiger partial charge on any atom is 0.174 e. The zero-order valence-electron chi connectivity index (χ0n) is 11.6. The summed E-state index contributed by atoms with van der Waals surface area (Å²) in [7, 11) is 1.57. The van der Waals surface area contributed by atoms with Crippen molar-refractivity contribution in [2.75, 3.05) is 7.11 Å². The molecule has 0 atom stereocenters. The van der Waals surface area contributed by atoms with Crippen molar-refractivity contribution >= 4 is 21.7 Å². The number of hydrogen-bond acceptors (Lipinski definition) is 3. The summed E-state index contributed by atoms with van der Waals surface area (Å²) in [4.78, 5) is 16.7. The van der Waals surface area contributed by atoms with Crippen LogP contribution in [0, 0.1) is 0 Å². The van der Waals surface area contributed by atoms with Gasteiger partial charge in [0.1, 0.15) is 11.6 Å². The highest BCUT2D eigenvalue weighted by atomic mass is 79.9. The number of hydrogen-bond donors (Lipinski definition) is 0. The van der Waals surface area contributed by atoms with E-state index in [9.17, 15) is 4.79 Å². The molecule has 20 heavy (non-hydrogen) atoms. The normalized spacial score (nSPS) is 10.6. The maximum atomic E-state index is 12.4. The van der Waals surface area contributed by atoms with Crippen molar-refractivity contribution in [3.05, 3.63) is 46.5 Å². The Bertz CT molecular complexity index is 608. The SMILES string of the molecule is CCCn1ccnc1CC(=O)c1ccc(Br)cc1OC. The van der Waals surface area contributed by atoms with Gasteiger partial charge >= 0.3 is 0 Å². The van der Waals surface area contributed by atoms with Gasteiger partial charge in [-0.2, -0.15) is 0 Å². The third-order valence-corrected chi connectivity index (χ3v) is 3.54. The van der Waals surface area contributed by atoms with Crippen LogP contribution in [0.15, 0.2) is 35.1 Å². The van der Waals surface area contributed by atoms with E-state index in [0.29, 0.717) is 11.3 Å². The molecular weight excluding hydrogens is 320 g/mol. The minimum absolute atomic E-state index is 0.0119. The monoisotopic (exact) mass is 336 g/mol. The molecular formula is C15H17BrN2O2. The van der Waals surface area contributed by atoms with Crippen LogP contribution in [0.3, 0.4) is 0 Å². The van der Waals surface area contributed by atoms with Gasteiger partial charge in [-0.25, -0.2) is 4.98 Å². The Labute approximate surface area is 126 Å². The zero-order chi connectivity index (χ0) is 14.5. The van der Waals surface area contributed by atoms with Crippen molar-refractivity contribution in [3.8, 4) is 5.75 Å². The highest BCUT2D eigenvalue weighted by molar-refractivity contribution is 9.10. The molecule has 0 unspecified atom stereocenters. The molecule has 1 aromatic carbocycles. The van der Waals surface area contributed by atoms with Crippen LogP contribution < -0.4 is 4.74 Å². The summed E-state index contributed by atoms with van der Waals surface area (Å²) < 4.78 is 8.17. The van der Waals surface area contributed by atoms with Crippen molar-refractivity contribution in [2.24, 2.45) is 0 Å². The number of carbonyl (C=O) groups is 1. The fourth-order valence-corrected chi connectivity index (χ4v) is 2.43. The van der Waals surface area contributed by atoms with E-state index in [1.54, 1.807) is 25.4 Å². The molecule has 0 radical (unpaired) electrons. The van der Waals surface area contributed by atoms with Gasteiger partial charge < -0.3 is 9.30 Å². The Hall–Kier alpha value is -1.62. The van der Waals surface area contributed by atoms with E-state index in [1.165, 1.54) is 0 Å². The second-order valence-electron chi connectivity index (χ2n) is 4.48. The molecule has 2 aromatic rings. The lowest BCUT2D eigenvalue weighted by atomic mass is 10.1. The first-order chi connectivity index (χ1) is 9.65. The van der Waals surface area contributed by atoms with Gasteiger partial charge in [-0.05, 0) is 24.6 Å². The molecule has 0 bridgehead atoms. The maximum absolute atomic E-state index is 12.4. The van der Waals surface area contributed by atoms with Crippen molar-refractivity contribution in [1.29, 1.82) is 0 Å². The van der Waals surface area contributed by atoms with Crippen LogP contribution in [0.5, 0.6) is 5.75 Å². The van der Waals surface area contributed by atoms with E-state index >= 15 is 0 Å². The van der Waals surface area contributed by atoms with Gasteiger partial charge in [0, 0.05) is 23.4 Å². The molecule has 1 aromatic heterocycles. The third-order valence-electron chi connectivity index (χ3n) is 3.05. The number of nitrogens with zero attached hydrogens (tertiary/aromatic N) is 2. The average Bonchev–Trinajstić information content (AvgIpc) is 2.86. The molecule has 0 fully saturated rings. The van der Waals surface area contributed by atoms with Crippen LogP contribution in [-0.2, 0) is 13.0 Å². The number of Topliss-reactive ketones (excluding diaryl/α,β-unsaturated/α-hetero) is 1. The summed E-state index contributed by atoms with van der Waals surface area (Å²) in [6.07, 6.45) is 4.94. The predicted molar refractivity (Wildman–Crippen MR) is 81.2 cm³/mol. The van der Waals surface area contributed by atoms with E-state index in [-0.39, 0.29) is 12.2 Å². The molecule has 0 amide bonds. The number of aromatic nitrogens is 2. The Kier molecular flexibility index (Phi) is 4.95. The van der Waals surface area contributed by atoms with Gasteiger partial charge in [-0.15, -0.1) is 0 Å². The molecule has 106 valence electrons. The van der Waals surface area contributed by atoms with E-state index < -0.39 is 0 Å². The van der Waals surface area contributed by atoms with Gasteiger partial charge in [-0.1, -0.05) is 22.9 Å². The van der Waals surface area contributed by atoms with Gasteiger partial charge in [0.15, 0.2) is 5.78 Å². The van der Waals surface area contributed by atoms with Crippen LogP contribution in [0.4, 0.5) is 0 Å². The molecule has 2 rings (SSSR count). The Morgan fingerprint density at radius 2 is 2.25 bits per heavy atom. The summed E-state index contributed by atoms with van der Waals surface area (Å²) in [6.45, 7) is 2.98. The molecule has 0 aliphatic heterocycles. The van der Waals surface area contributed by atoms with E-state index in [2.05, 4.69) is 27.8 Å². The first kappa shape index (κ1) is 14.8. The summed E-state index contributed by atoms with van der Waals surface area (Å²) in [6, 6.07) is 5.42. The molecule has 0 N–H and O–H groups in total. The topological polar surface area (TPSA) is 44.1 Å². The first-order valence-electron chi connectivity index (χ1n) is 6.52. The Morgan fingerprint density at radius 1 is 1.45 bits per heavy atom. The second-order valence-corrected chi connectivity index (χ2v) is 5.40. The number of rotatable bonds is 6. The largest absolute Gasteiger partial charge is 0.496 e. The highest BCUT2D eigenvalue weighted by Gasteiger charge is 2.15. The molecule has 4 nitrogen and oxygen atoms in total. The van der Waals surface area contributed by atoms with Crippen LogP contribution >= 0.6 is 15.9 Å². The number of carbonyl (C=O) groups excluding carboxylic acids is 1. The molecule has 1 heterocycles. The minimum Gasteiger partial charge on any atom is -0.496 e. The zero-order valence-corrected chi connectivity index (χ0v) is 13.2. The fourth-order valence-electron chi connectivity index (χ4n) is 2.09. The van der Waals surface area contributed by atoms with Crippen molar-refractivity contribution in [3.63, 3.8) is 0 Å². The first-order valence-corrected chi connectivity index (χ1v) is 7.31. The molecule has 0 aliphatic rings.